The Labute approximate surface area is 130 Å². The van der Waals surface area contributed by atoms with Crippen molar-refractivity contribution < 1.29 is 4.79 Å². The van der Waals surface area contributed by atoms with Gasteiger partial charge >= 0.3 is 0 Å². The van der Waals surface area contributed by atoms with Gasteiger partial charge in [-0.25, -0.2) is 0 Å². The summed E-state index contributed by atoms with van der Waals surface area (Å²) in [5.41, 5.74) is 2.77. The van der Waals surface area contributed by atoms with E-state index < -0.39 is 0 Å². The number of halogens is 1. The van der Waals surface area contributed by atoms with Crippen LogP contribution in [0.15, 0.2) is 48.5 Å². The van der Waals surface area contributed by atoms with Gasteiger partial charge < -0.3 is 10.6 Å². The van der Waals surface area contributed by atoms with Crippen molar-refractivity contribution in [3.8, 4) is 0 Å². The molecule has 21 heavy (non-hydrogen) atoms. The molecule has 0 aliphatic heterocycles. The third-order valence-corrected chi connectivity index (χ3v) is 3.46. The molecule has 0 aromatic heterocycles. The molecular formula is C17H19ClN2O. The van der Waals surface area contributed by atoms with E-state index in [1.165, 1.54) is 0 Å². The highest BCUT2D eigenvalue weighted by atomic mass is 35.5. The molecule has 2 aromatic carbocycles. The van der Waals surface area contributed by atoms with Crippen LogP contribution in [0, 0.1) is 5.92 Å². The molecule has 3 nitrogen and oxygen atoms in total. The number of hydrogen-bond donors (Lipinski definition) is 2. The minimum atomic E-state index is -0.0373. The molecule has 0 saturated heterocycles. The molecule has 2 rings (SSSR count). The number of amides is 1. The molecule has 0 unspecified atom stereocenters. The van der Waals surface area contributed by atoms with Crippen molar-refractivity contribution >= 4 is 28.9 Å². The lowest BCUT2D eigenvalue weighted by molar-refractivity contribution is -0.118. The third-order valence-electron chi connectivity index (χ3n) is 3.10. The first-order chi connectivity index (χ1) is 10.1. The molecule has 0 aliphatic carbocycles. The lowest BCUT2D eigenvalue weighted by atomic mass is 10.2. The molecule has 0 bridgehead atoms. The van der Waals surface area contributed by atoms with Crippen LogP contribution in [0.1, 0.15) is 19.4 Å². The molecule has 0 aliphatic rings. The first kappa shape index (κ1) is 15.4. The van der Waals surface area contributed by atoms with Crippen molar-refractivity contribution in [3.63, 3.8) is 0 Å². The number of nitrogens with one attached hydrogen (secondary N) is 2. The van der Waals surface area contributed by atoms with E-state index in [2.05, 4.69) is 10.6 Å². The summed E-state index contributed by atoms with van der Waals surface area (Å²) in [6.45, 7) is 4.38. The van der Waals surface area contributed by atoms with Gasteiger partial charge in [0.1, 0.15) is 0 Å². The maximum Gasteiger partial charge on any atom is 0.226 e. The monoisotopic (exact) mass is 302 g/mol. The van der Waals surface area contributed by atoms with Crippen molar-refractivity contribution in [2.75, 3.05) is 10.6 Å². The summed E-state index contributed by atoms with van der Waals surface area (Å²) < 4.78 is 0. The summed E-state index contributed by atoms with van der Waals surface area (Å²) in [6, 6.07) is 15.4. The smallest absolute Gasteiger partial charge is 0.226 e. The topological polar surface area (TPSA) is 41.1 Å². The van der Waals surface area contributed by atoms with Crippen LogP contribution in [0.3, 0.4) is 0 Å². The predicted molar refractivity (Wildman–Crippen MR) is 88.7 cm³/mol. The van der Waals surface area contributed by atoms with Crippen molar-refractivity contribution in [3.05, 3.63) is 59.1 Å². The largest absolute Gasteiger partial charge is 0.381 e. The van der Waals surface area contributed by atoms with Crippen molar-refractivity contribution in [1.29, 1.82) is 0 Å². The number of benzene rings is 2. The Balaban J connectivity index is 2.01. The SMILES string of the molecule is CC(C)C(=O)Nc1cccc(NCc2ccccc2Cl)c1. The van der Waals surface area contributed by atoms with E-state index in [1.54, 1.807) is 0 Å². The Morgan fingerprint density at radius 2 is 1.81 bits per heavy atom. The first-order valence-corrected chi connectivity index (χ1v) is 7.32. The van der Waals surface area contributed by atoms with Gasteiger partial charge in [-0.1, -0.05) is 49.7 Å². The fraction of sp³-hybridized carbons (Fsp3) is 0.235. The number of hydrogen-bond acceptors (Lipinski definition) is 2. The van der Waals surface area contributed by atoms with Crippen LogP contribution < -0.4 is 10.6 Å². The maximum absolute atomic E-state index is 11.7. The van der Waals surface area contributed by atoms with Gasteiger partial charge in [-0.05, 0) is 29.8 Å². The average molecular weight is 303 g/mol. The molecule has 2 N–H and O–H groups in total. The van der Waals surface area contributed by atoms with E-state index in [0.29, 0.717) is 6.54 Å². The molecule has 0 saturated carbocycles. The van der Waals surface area contributed by atoms with Crippen LogP contribution in [0.2, 0.25) is 5.02 Å². The minimum Gasteiger partial charge on any atom is -0.381 e. The molecule has 0 radical (unpaired) electrons. The maximum atomic E-state index is 11.7. The van der Waals surface area contributed by atoms with Gasteiger partial charge in [0.05, 0.1) is 0 Å². The third kappa shape index (κ3) is 4.50. The highest BCUT2D eigenvalue weighted by molar-refractivity contribution is 6.31. The summed E-state index contributed by atoms with van der Waals surface area (Å²) >= 11 is 6.13. The van der Waals surface area contributed by atoms with Crippen LogP contribution in [0.4, 0.5) is 11.4 Å². The van der Waals surface area contributed by atoms with Gasteiger partial charge in [0, 0.05) is 28.9 Å². The van der Waals surface area contributed by atoms with Gasteiger partial charge in [0.2, 0.25) is 5.91 Å². The Bertz CT molecular complexity index is 626. The standard InChI is InChI=1S/C17H19ClN2O/c1-12(2)17(21)20-15-8-5-7-14(10-15)19-11-13-6-3-4-9-16(13)18/h3-10,12,19H,11H2,1-2H3,(H,20,21). The van der Waals surface area contributed by atoms with Gasteiger partial charge in [0.25, 0.3) is 0 Å². The van der Waals surface area contributed by atoms with Crippen molar-refractivity contribution in [1.82, 2.24) is 0 Å². The molecule has 4 heteroatoms. The average Bonchev–Trinajstić information content (AvgIpc) is 2.46. The van der Waals surface area contributed by atoms with E-state index in [1.807, 2.05) is 62.4 Å². The van der Waals surface area contributed by atoms with E-state index in [9.17, 15) is 4.79 Å². The zero-order valence-electron chi connectivity index (χ0n) is 12.2. The predicted octanol–water partition coefficient (Wildman–Crippen LogP) is 4.55. The Kier molecular flexibility index (Phi) is 5.23. The molecule has 0 spiro atoms. The van der Waals surface area contributed by atoms with Crippen LogP contribution in [-0.4, -0.2) is 5.91 Å². The molecule has 0 heterocycles. The van der Waals surface area contributed by atoms with Crippen LogP contribution >= 0.6 is 11.6 Å². The van der Waals surface area contributed by atoms with E-state index in [-0.39, 0.29) is 11.8 Å². The Hall–Kier alpha value is -2.00. The quantitative estimate of drug-likeness (QED) is 0.851. The highest BCUT2D eigenvalue weighted by Gasteiger charge is 2.07. The number of rotatable bonds is 5. The summed E-state index contributed by atoms with van der Waals surface area (Å²) in [5.74, 6) is -0.0250. The molecule has 1 amide bonds. The molecule has 2 aromatic rings. The summed E-state index contributed by atoms with van der Waals surface area (Å²) in [6.07, 6.45) is 0. The second-order valence-corrected chi connectivity index (χ2v) is 5.58. The summed E-state index contributed by atoms with van der Waals surface area (Å²) in [4.78, 5) is 11.7. The highest BCUT2D eigenvalue weighted by Crippen LogP contribution is 2.19. The zero-order valence-corrected chi connectivity index (χ0v) is 12.9. The van der Waals surface area contributed by atoms with Crippen LogP contribution in [0.25, 0.3) is 0 Å². The molecule has 0 atom stereocenters. The van der Waals surface area contributed by atoms with E-state index in [0.717, 1.165) is 22.0 Å². The second kappa shape index (κ2) is 7.14. The normalized spacial score (nSPS) is 10.5. The summed E-state index contributed by atoms with van der Waals surface area (Å²) in [5, 5.41) is 6.94. The van der Waals surface area contributed by atoms with Crippen LogP contribution in [-0.2, 0) is 11.3 Å². The van der Waals surface area contributed by atoms with Gasteiger partial charge in [-0.2, -0.15) is 0 Å². The Morgan fingerprint density at radius 3 is 2.52 bits per heavy atom. The zero-order chi connectivity index (χ0) is 15.2. The lowest BCUT2D eigenvalue weighted by Crippen LogP contribution is -2.17. The van der Waals surface area contributed by atoms with E-state index in [4.69, 9.17) is 11.6 Å². The lowest BCUT2D eigenvalue weighted by Gasteiger charge is -2.11. The molecule has 110 valence electrons. The number of carbonyl (C=O) groups excluding carboxylic acids is 1. The number of carbonyl (C=O) groups is 1. The molecular weight excluding hydrogens is 284 g/mol. The minimum absolute atomic E-state index is 0.0123. The van der Waals surface area contributed by atoms with Crippen molar-refractivity contribution in [2.45, 2.75) is 20.4 Å². The first-order valence-electron chi connectivity index (χ1n) is 6.94. The van der Waals surface area contributed by atoms with Gasteiger partial charge in [-0.15, -0.1) is 0 Å². The fourth-order valence-electron chi connectivity index (χ4n) is 1.83. The summed E-state index contributed by atoms with van der Waals surface area (Å²) in [7, 11) is 0. The van der Waals surface area contributed by atoms with Crippen LogP contribution in [0.5, 0.6) is 0 Å². The number of anilines is 2. The van der Waals surface area contributed by atoms with Gasteiger partial charge in [0.15, 0.2) is 0 Å². The van der Waals surface area contributed by atoms with E-state index >= 15 is 0 Å². The second-order valence-electron chi connectivity index (χ2n) is 5.17. The Morgan fingerprint density at radius 1 is 1.10 bits per heavy atom. The molecule has 0 fully saturated rings. The van der Waals surface area contributed by atoms with Gasteiger partial charge in [-0.3, -0.25) is 4.79 Å². The fourth-order valence-corrected chi connectivity index (χ4v) is 2.04. The van der Waals surface area contributed by atoms with Crippen molar-refractivity contribution in [2.24, 2.45) is 5.92 Å².